The Labute approximate surface area is 116 Å². The van der Waals surface area contributed by atoms with Crippen LogP contribution in [0.25, 0.3) is 0 Å². The minimum atomic E-state index is -2.50. The van der Waals surface area contributed by atoms with Crippen molar-refractivity contribution in [3.63, 3.8) is 0 Å². The molecule has 0 amide bonds. The van der Waals surface area contributed by atoms with Crippen LogP contribution in [-0.2, 0) is 11.4 Å². The minimum absolute atomic E-state index is 0.0521. The van der Waals surface area contributed by atoms with Gasteiger partial charge >= 0.3 is 0 Å². The highest BCUT2D eigenvalue weighted by atomic mass is 19.3. The summed E-state index contributed by atoms with van der Waals surface area (Å²) >= 11 is 0. The Balaban J connectivity index is 1.90. The summed E-state index contributed by atoms with van der Waals surface area (Å²) in [5.74, 6) is 0. The second-order valence-corrected chi connectivity index (χ2v) is 4.39. The summed E-state index contributed by atoms with van der Waals surface area (Å²) in [5.41, 5.74) is 2.57. The van der Waals surface area contributed by atoms with Crippen molar-refractivity contribution >= 4 is 6.21 Å². The molecule has 0 unspecified atom stereocenters. The third-order valence-corrected chi connectivity index (χ3v) is 2.73. The number of hydrogen-bond donors (Lipinski definition) is 0. The normalized spacial score (nSPS) is 11.2. The molecular formula is C16H14F2NO. The molecule has 0 bridgehead atoms. The minimum Gasteiger partial charge on any atom is -0.390 e. The van der Waals surface area contributed by atoms with Gasteiger partial charge < -0.3 is 4.84 Å². The van der Waals surface area contributed by atoms with Gasteiger partial charge in [-0.25, -0.2) is 8.78 Å². The summed E-state index contributed by atoms with van der Waals surface area (Å²) in [7, 11) is 0. The molecule has 2 rings (SSSR count). The van der Waals surface area contributed by atoms with Gasteiger partial charge in [-0.3, -0.25) is 0 Å². The largest absolute Gasteiger partial charge is 0.390 e. The van der Waals surface area contributed by atoms with Gasteiger partial charge in [0, 0.05) is 11.1 Å². The Morgan fingerprint density at radius 2 is 1.90 bits per heavy atom. The molecule has 0 saturated heterocycles. The lowest BCUT2D eigenvalue weighted by Gasteiger charge is -2.01. The van der Waals surface area contributed by atoms with Crippen LogP contribution in [0, 0.1) is 6.92 Å². The SMILES string of the molecule is Cc1ccc(CO/N=[C]\c2cccc(C(F)F)c2)cc1. The number of aryl methyl sites for hydroxylation is 1. The second kappa shape index (κ2) is 6.80. The van der Waals surface area contributed by atoms with Gasteiger partial charge in [-0.15, -0.1) is 0 Å². The maximum absolute atomic E-state index is 12.5. The molecule has 0 fully saturated rings. The first-order valence-corrected chi connectivity index (χ1v) is 6.17. The van der Waals surface area contributed by atoms with Gasteiger partial charge in [0.2, 0.25) is 0 Å². The van der Waals surface area contributed by atoms with Crippen LogP contribution in [0.4, 0.5) is 8.78 Å². The van der Waals surface area contributed by atoms with Crippen LogP contribution in [-0.4, -0.2) is 6.21 Å². The van der Waals surface area contributed by atoms with Crippen molar-refractivity contribution in [2.24, 2.45) is 5.16 Å². The van der Waals surface area contributed by atoms with E-state index >= 15 is 0 Å². The summed E-state index contributed by atoms with van der Waals surface area (Å²) in [5, 5.41) is 3.66. The number of halogens is 2. The molecule has 2 aromatic carbocycles. The molecule has 20 heavy (non-hydrogen) atoms. The highest BCUT2D eigenvalue weighted by molar-refractivity contribution is 5.79. The van der Waals surface area contributed by atoms with Gasteiger partial charge in [-0.2, -0.15) is 0 Å². The first-order valence-electron chi connectivity index (χ1n) is 6.17. The number of benzene rings is 2. The molecule has 0 aromatic heterocycles. The van der Waals surface area contributed by atoms with Crippen LogP contribution in [0.3, 0.4) is 0 Å². The molecule has 4 heteroatoms. The predicted octanol–water partition coefficient (Wildman–Crippen LogP) is 4.36. The molecule has 0 saturated carbocycles. The Bertz CT molecular complexity index is 579. The zero-order valence-electron chi connectivity index (χ0n) is 11.0. The summed E-state index contributed by atoms with van der Waals surface area (Å²) in [6.07, 6.45) is 0.0958. The van der Waals surface area contributed by atoms with Crippen LogP contribution >= 0.6 is 0 Å². The molecule has 0 spiro atoms. The Morgan fingerprint density at radius 3 is 2.60 bits per heavy atom. The van der Waals surface area contributed by atoms with Crippen LogP contribution in [0.5, 0.6) is 0 Å². The molecule has 0 atom stereocenters. The van der Waals surface area contributed by atoms with E-state index in [0.29, 0.717) is 12.2 Å². The van der Waals surface area contributed by atoms with E-state index in [1.54, 1.807) is 12.1 Å². The fourth-order valence-electron chi connectivity index (χ4n) is 1.62. The number of alkyl halides is 2. The van der Waals surface area contributed by atoms with Crippen LogP contribution in [0.1, 0.15) is 28.7 Å². The third-order valence-electron chi connectivity index (χ3n) is 2.73. The van der Waals surface area contributed by atoms with Crippen molar-refractivity contribution in [1.29, 1.82) is 0 Å². The van der Waals surface area contributed by atoms with Crippen molar-refractivity contribution in [2.45, 2.75) is 20.0 Å². The van der Waals surface area contributed by atoms with Gasteiger partial charge in [0.1, 0.15) is 12.8 Å². The third kappa shape index (κ3) is 4.16. The van der Waals surface area contributed by atoms with Gasteiger partial charge in [0.25, 0.3) is 6.43 Å². The molecule has 0 N–H and O–H groups in total. The monoisotopic (exact) mass is 274 g/mol. The quantitative estimate of drug-likeness (QED) is 0.586. The number of rotatable bonds is 5. The summed E-state index contributed by atoms with van der Waals surface area (Å²) in [4.78, 5) is 5.09. The van der Waals surface area contributed by atoms with Gasteiger partial charge in [-0.1, -0.05) is 53.2 Å². The summed E-state index contributed by atoms with van der Waals surface area (Å²) in [6.45, 7) is 2.33. The van der Waals surface area contributed by atoms with Crippen molar-refractivity contribution in [2.75, 3.05) is 0 Å². The molecule has 0 aliphatic rings. The smallest absolute Gasteiger partial charge is 0.263 e. The maximum Gasteiger partial charge on any atom is 0.263 e. The fraction of sp³-hybridized carbons (Fsp3) is 0.188. The second-order valence-electron chi connectivity index (χ2n) is 4.39. The lowest BCUT2D eigenvalue weighted by atomic mass is 10.1. The predicted molar refractivity (Wildman–Crippen MR) is 73.9 cm³/mol. The fourth-order valence-corrected chi connectivity index (χ4v) is 1.62. The molecule has 1 radical (unpaired) electrons. The van der Waals surface area contributed by atoms with Crippen molar-refractivity contribution in [3.8, 4) is 0 Å². The molecule has 2 aromatic rings. The number of hydrogen-bond acceptors (Lipinski definition) is 2. The lowest BCUT2D eigenvalue weighted by Crippen LogP contribution is -1.90. The molecule has 0 heterocycles. The van der Waals surface area contributed by atoms with Gasteiger partial charge in [0.05, 0.1) is 0 Å². The molecule has 0 aliphatic heterocycles. The first-order chi connectivity index (χ1) is 9.65. The topological polar surface area (TPSA) is 21.6 Å². The lowest BCUT2D eigenvalue weighted by molar-refractivity contribution is 0.132. The van der Waals surface area contributed by atoms with Crippen LogP contribution in [0.15, 0.2) is 53.7 Å². The van der Waals surface area contributed by atoms with Crippen molar-refractivity contribution in [1.82, 2.24) is 0 Å². The van der Waals surface area contributed by atoms with Crippen LogP contribution in [0.2, 0.25) is 0 Å². The van der Waals surface area contributed by atoms with E-state index in [4.69, 9.17) is 4.84 Å². The van der Waals surface area contributed by atoms with E-state index in [2.05, 4.69) is 11.4 Å². The first kappa shape index (κ1) is 14.2. The summed E-state index contributed by atoms with van der Waals surface area (Å²) in [6, 6.07) is 13.7. The van der Waals surface area contributed by atoms with E-state index in [-0.39, 0.29) is 5.56 Å². The van der Waals surface area contributed by atoms with E-state index < -0.39 is 6.43 Å². The van der Waals surface area contributed by atoms with E-state index in [0.717, 1.165) is 5.56 Å². The Morgan fingerprint density at radius 1 is 1.15 bits per heavy atom. The average Bonchev–Trinajstić information content (AvgIpc) is 2.46. The number of nitrogens with zero attached hydrogens (tertiary/aromatic N) is 1. The Kier molecular flexibility index (Phi) is 4.82. The molecule has 0 aliphatic carbocycles. The maximum atomic E-state index is 12.5. The van der Waals surface area contributed by atoms with E-state index in [9.17, 15) is 8.78 Å². The van der Waals surface area contributed by atoms with Crippen LogP contribution < -0.4 is 0 Å². The van der Waals surface area contributed by atoms with Gasteiger partial charge in [0.15, 0.2) is 0 Å². The van der Waals surface area contributed by atoms with Crippen molar-refractivity contribution < 1.29 is 13.6 Å². The Hall–Kier alpha value is -2.23. The standard InChI is InChI=1S/C16H14F2NO/c1-12-5-7-13(8-6-12)11-20-19-10-14-3-2-4-15(9-14)16(17)18/h2-9,16H,11H2,1H3. The van der Waals surface area contributed by atoms with E-state index in [1.807, 2.05) is 31.2 Å². The van der Waals surface area contributed by atoms with E-state index in [1.165, 1.54) is 17.7 Å². The molecular weight excluding hydrogens is 260 g/mol. The highest BCUT2D eigenvalue weighted by Gasteiger charge is 2.06. The zero-order chi connectivity index (χ0) is 14.4. The zero-order valence-corrected chi connectivity index (χ0v) is 11.0. The van der Waals surface area contributed by atoms with Crippen molar-refractivity contribution in [3.05, 3.63) is 70.8 Å². The molecule has 2 nitrogen and oxygen atoms in total. The average molecular weight is 274 g/mol. The molecule has 103 valence electrons. The highest BCUT2D eigenvalue weighted by Crippen LogP contribution is 2.18. The van der Waals surface area contributed by atoms with Gasteiger partial charge in [-0.05, 0) is 18.6 Å². The summed E-state index contributed by atoms with van der Waals surface area (Å²) < 4.78 is 25.0.